The van der Waals surface area contributed by atoms with E-state index >= 15 is 0 Å². The summed E-state index contributed by atoms with van der Waals surface area (Å²) in [5, 5.41) is 8.39. The van der Waals surface area contributed by atoms with Crippen LogP contribution < -0.4 is 20.7 Å². The molecule has 3 N–H and O–H groups in total. The van der Waals surface area contributed by atoms with Crippen molar-refractivity contribution in [3.8, 4) is 5.75 Å². The standard InChI is InChI=1S/C21H23FN4O3/c1-12-4-3-5-17(24-12)21(8-9-21)26-20(28)25-18-15(11-23-19(18)27)14-7-6-13(29-2)10-16(14)22/h3-7,10,15,18H,8-9,11H2,1-2H3,(H,23,27)(H2,25,26,28)/t15-,18-/m0/s1. The molecule has 0 radical (unpaired) electrons. The third-order valence-corrected chi connectivity index (χ3v) is 5.56. The lowest BCUT2D eigenvalue weighted by molar-refractivity contribution is -0.120. The normalized spacial score (nSPS) is 22.0. The van der Waals surface area contributed by atoms with Crippen molar-refractivity contribution in [2.45, 2.75) is 37.3 Å². The number of rotatable bonds is 5. The van der Waals surface area contributed by atoms with Crippen LogP contribution >= 0.6 is 0 Å². The molecule has 2 aromatic rings. The largest absolute Gasteiger partial charge is 0.497 e. The van der Waals surface area contributed by atoms with Gasteiger partial charge in [0.1, 0.15) is 17.6 Å². The molecule has 1 aromatic carbocycles. The van der Waals surface area contributed by atoms with Crippen LogP contribution in [0.3, 0.4) is 0 Å². The summed E-state index contributed by atoms with van der Waals surface area (Å²) in [6.07, 6.45) is 1.56. The highest BCUT2D eigenvalue weighted by Crippen LogP contribution is 2.44. The van der Waals surface area contributed by atoms with Crippen molar-refractivity contribution < 1.29 is 18.7 Å². The molecule has 0 spiro atoms. The Morgan fingerprint density at radius 3 is 2.76 bits per heavy atom. The molecule has 152 valence electrons. The van der Waals surface area contributed by atoms with E-state index in [1.54, 1.807) is 12.1 Å². The van der Waals surface area contributed by atoms with Gasteiger partial charge in [-0.3, -0.25) is 9.78 Å². The molecule has 0 unspecified atom stereocenters. The topological polar surface area (TPSA) is 92.4 Å². The Morgan fingerprint density at radius 1 is 1.31 bits per heavy atom. The van der Waals surface area contributed by atoms with Gasteiger partial charge in [-0.2, -0.15) is 0 Å². The number of carbonyl (C=O) groups excluding carboxylic acids is 2. The maximum Gasteiger partial charge on any atom is 0.316 e. The first-order valence-corrected chi connectivity index (χ1v) is 9.56. The van der Waals surface area contributed by atoms with Crippen LogP contribution in [0, 0.1) is 12.7 Å². The van der Waals surface area contributed by atoms with Crippen molar-refractivity contribution in [1.82, 2.24) is 20.9 Å². The minimum Gasteiger partial charge on any atom is -0.497 e. The Labute approximate surface area is 168 Å². The van der Waals surface area contributed by atoms with Crippen LogP contribution in [-0.4, -0.2) is 36.6 Å². The van der Waals surface area contributed by atoms with Gasteiger partial charge in [0.2, 0.25) is 5.91 Å². The van der Waals surface area contributed by atoms with Crippen LogP contribution in [-0.2, 0) is 10.3 Å². The smallest absolute Gasteiger partial charge is 0.316 e. The van der Waals surface area contributed by atoms with Crippen LogP contribution in [0.1, 0.15) is 35.7 Å². The molecule has 0 bridgehead atoms. The quantitative estimate of drug-likeness (QED) is 0.719. The van der Waals surface area contributed by atoms with Crippen molar-refractivity contribution in [3.63, 3.8) is 0 Å². The molecule has 29 heavy (non-hydrogen) atoms. The first-order valence-electron chi connectivity index (χ1n) is 9.56. The second-order valence-electron chi connectivity index (χ2n) is 7.56. The molecule has 1 saturated heterocycles. The minimum atomic E-state index is -0.862. The van der Waals surface area contributed by atoms with Gasteiger partial charge in [0, 0.05) is 24.2 Å². The molecule has 2 fully saturated rings. The number of ether oxygens (including phenoxy) is 1. The monoisotopic (exact) mass is 398 g/mol. The lowest BCUT2D eigenvalue weighted by Crippen LogP contribution is -2.50. The van der Waals surface area contributed by atoms with Crippen molar-refractivity contribution in [3.05, 3.63) is 59.2 Å². The SMILES string of the molecule is COc1ccc([C@@H]2CNC(=O)[C@H]2NC(=O)NC2(c3cccc(C)n3)CC2)c(F)c1. The van der Waals surface area contributed by atoms with Gasteiger partial charge in [-0.05, 0) is 43.5 Å². The third-order valence-electron chi connectivity index (χ3n) is 5.56. The summed E-state index contributed by atoms with van der Waals surface area (Å²) in [5.41, 5.74) is 1.53. The van der Waals surface area contributed by atoms with Crippen LogP contribution in [0.4, 0.5) is 9.18 Å². The number of carbonyl (C=O) groups is 2. The second-order valence-corrected chi connectivity index (χ2v) is 7.56. The van der Waals surface area contributed by atoms with Crippen LogP contribution in [0.5, 0.6) is 5.75 Å². The summed E-state index contributed by atoms with van der Waals surface area (Å²) < 4.78 is 19.5. The van der Waals surface area contributed by atoms with Gasteiger partial charge in [-0.15, -0.1) is 0 Å². The van der Waals surface area contributed by atoms with Gasteiger partial charge in [0.05, 0.1) is 18.3 Å². The fourth-order valence-corrected chi connectivity index (χ4v) is 3.79. The van der Waals surface area contributed by atoms with E-state index in [2.05, 4.69) is 20.9 Å². The van der Waals surface area contributed by atoms with Gasteiger partial charge in [-0.1, -0.05) is 12.1 Å². The molecule has 2 atom stereocenters. The molecule has 3 amide bonds. The summed E-state index contributed by atoms with van der Waals surface area (Å²) in [6, 6.07) is 8.87. The number of halogens is 1. The molecule has 1 aromatic heterocycles. The summed E-state index contributed by atoms with van der Waals surface area (Å²) in [6.45, 7) is 2.15. The minimum absolute atomic E-state index is 0.248. The van der Waals surface area contributed by atoms with Gasteiger partial charge in [0.15, 0.2) is 0 Å². The lowest BCUT2D eigenvalue weighted by Gasteiger charge is -2.22. The van der Waals surface area contributed by atoms with E-state index in [4.69, 9.17) is 4.74 Å². The summed E-state index contributed by atoms with van der Waals surface area (Å²) >= 11 is 0. The number of pyridine rings is 1. The van der Waals surface area contributed by atoms with E-state index in [0.717, 1.165) is 24.2 Å². The Morgan fingerprint density at radius 2 is 2.10 bits per heavy atom. The predicted octanol–water partition coefficient (Wildman–Crippen LogP) is 2.11. The zero-order chi connectivity index (χ0) is 20.6. The van der Waals surface area contributed by atoms with E-state index in [1.807, 2.05) is 25.1 Å². The molecule has 1 aliphatic heterocycles. The second kappa shape index (κ2) is 7.35. The van der Waals surface area contributed by atoms with Gasteiger partial charge < -0.3 is 20.7 Å². The first-order chi connectivity index (χ1) is 13.9. The van der Waals surface area contributed by atoms with Crippen LogP contribution in [0.2, 0.25) is 0 Å². The highest BCUT2D eigenvalue weighted by Gasteiger charge is 2.48. The number of amides is 3. The Bertz CT molecular complexity index is 961. The first kappa shape index (κ1) is 19.2. The number of aryl methyl sites for hydroxylation is 1. The van der Waals surface area contributed by atoms with E-state index in [-0.39, 0.29) is 12.5 Å². The molecule has 2 heterocycles. The molecular weight excluding hydrogens is 375 g/mol. The zero-order valence-corrected chi connectivity index (χ0v) is 16.3. The highest BCUT2D eigenvalue weighted by molar-refractivity contribution is 5.90. The van der Waals surface area contributed by atoms with Gasteiger partial charge >= 0.3 is 6.03 Å². The number of methoxy groups -OCH3 is 1. The summed E-state index contributed by atoms with van der Waals surface area (Å²) in [7, 11) is 1.46. The Balaban J connectivity index is 1.49. The number of benzene rings is 1. The molecule has 1 aliphatic carbocycles. The summed E-state index contributed by atoms with van der Waals surface area (Å²) in [5.74, 6) is -0.918. The number of nitrogens with zero attached hydrogens (tertiary/aromatic N) is 1. The average Bonchev–Trinajstić information content (AvgIpc) is 3.40. The van der Waals surface area contributed by atoms with Gasteiger partial charge in [0.25, 0.3) is 0 Å². The van der Waals surface area contributed by atoms with Crippen LogP contribution in [0.15, 0.2) is 36.4 Å². The fourth-order valence-electron chi connectivity index (χ4n) is 3.79. The molecule has 2 aliphatic rings. The van der Waals surface area contributed by atoms with Crippen molar-refractivity contribution in [2.24, 2.45) is 0 Å². The van der Waals surface area contributed by atoms with Crippen molar-refractivity contribution >= 4 is 11.9 Å². The molecule has 8 heteroatoms. The molecular formula is C21H23FN4O3. The zero-order valence-electron chi connectivity index (χ0n) is 16.3. The van der Waals surface area contributed by atoms with E-state index in [0.29, 0.717) is 11.3 Å². The van der Waals surface area contributed by atoms with Gasteiger partial charge in [-0.25, -0.2) is 9.18 Å². The Hall–Kier alpha value is -3.16. The van der Waals surface area contributed by atoms with E-state index < -0.39 is 29.3 Å². The molecule has 4 rings (SSSR count). The number of aromatic nitrogens is 1. The predicted molar refractivity (Wildman–Crippen MR) is 104 cm³/mol. The maximum absolute atomic E-state index is 14.5. The summed E-state index contributed by atoms with van der Waals surface area (Å²) in [4.78, 5) is 29.5. The van der Waals surface area contributed by atoms with Crippen LogP contribution in [0.25, 0.3) is 0 Å². The third kappa shape index (κ3) is 3.74. The van der Waals surface area contributed by atoms with Crippen molar-refractivity contribution in [1.29, 1.82) is 0 Å². The number of hydrogen-bond donors (Lipinski definition) is 3. The average molecular weight is 398 g/mol. The highest BCUT2D eigenvalue weighted by atomic mass is 19.1. The lowest BCUT2D eigenvalue weighted by atomic mass is 9.93. The fraction of sp³-hybridized carbons (Fsp3) is 0.381. The van der Waals surface area contributed by atoms with Crippen molar-refractivity contribution in [2.75, 3.05) is 13.7 Å². The number of urea groups is 1. The van der Waals surface area contributed by atoms with E-state index in [9.17, 15) is 14.0 Å². The number of nitrogens with one attached hydrogen (secondary N) is 3. The number of hydrogen-bond acceptors (Lipinski definition) is 4. The maximum atomic E-state index is 14.5. The Kier molecular flexibility index (Phi) is 4.86. The molecule has 7 nitrogen and oxygen atoms in total. The molecule has 1 saturated carbocycles. The van der Waals surface area contributed by atoms with E-state index in [1.165, 1.54) is 13.2 Å².